The van der Waals surface area contributed by atoms with Gasteiger partial charge in [-0.2, -0.15) is 11.8 Å². The Morgan fingerprint density at radius 1 is 0.667 bits per heavy atom. The van der Waals surface area contributed by atoms with Gasteiger partial charge in [-0.1, -0.05) is 41.5 Å². The first-order valence-electron chi connectivity index (χ1n) is 10.9. The van der Waals surface area contributed by atoms with E-state index in [9.17, 15) is 0 Å². The van der Waals surface area contributed by atoms with E-state index >= 15 is 0 Å². The van der Waals surface area contributed by atoms with Crippen molar-refractivity contribution < 1.29 is 13.3 Å². The monoisotopic (exact) mass is 453 g/mol. The minimum Gasteiger partial charge on any atom is -0.376 e. The minimum atomic E-state index is -2.44. The Labute approximate surface area is 177 Å². The third kappa shape index (κ3) is 6.94. The average molecular weight is 454 g/mol. The second kappa shape index (κ2) is 14.0. The first-order valence-corrected chi connectivity index (χ1v) is 19.1. The molecule has 0 unspecified atom stereocenters. The van der Waals surface area contributed by atoms with Gasteiger partial charge in [0.2, 0.25) is 0 Å². The Morgan fingerprint density at radius 3 is 1.33 bits per heavy atom. The van der Waals surface area contributed by atoms with Gasteiger partial charge in [-0.05, 0) is 55.0 Å². The molecule has 27 heavy (non-hydrogen) atoms. The largest absolute Gasteiger partial charge is 0.510 e. The summed E-state index contributed by atoms with van der Waals surface area (Å²) in [5.74, 6) is 1.16. The van der Waals surface area contributed by atoms with E-state index in [1.54, 1.807) is 21.3 Å². The lowest BCUT2D eigenvalue weighted by atomic mass is 10.5. The van der Waals surface area contributed by atoms with Crippen molar-refractivity contribution >= 4 is 37.0 Å². The summed E-state index contributed by atoms with van der Waals surface area (Å²) in [4.78, 5) is 0. The van der Waals surface area contributed by atoms with Crippen molar-refractivity contribution in [2.24, 2.45) is 0 Å². The molecule has 0 rings (SSSR count). The van der Waals surface area contributed by atoms with E-state index in [1.165, 1.54) is 49.2 Å². The molecule has 0 aliphatic carbocycles. The van der Waals surface area contributed by atoms with Gasteiger partial charge in [0.25, 0.3) is 0 Å². The van der Waals surface area contributed by atoms with Crippen LogP contribution in [0.3, 0.4) is 0 Å². The maximum Gasteiger partial charge on any atom is 0.510 e. The lowest BCUT2D eigenvalue weighted by molar-refractivity contribution is 0.130. The highest BCUT2D eigenvalue weighted by molar-refractivity contribution is 8.00. The lowest BCUT2D eigenvalue weighted by Gasteiger charge is -2.52. The fourth-order valence-corrected chi connectivity index (χ4v) is 21.8. The SMILES string of the molecule is CC[Si](CC)(CC)N(CCCSC[Si](OC)(OC)OC)[Si](CC)(CC)CC. The van der Waals surface area contributed by atoms with Crippen LogP contribution >= 0.6 is 11.8 Å². The molecular formula is C19H47NO3SSi3. The van der Waals surface area contributed by atoms with Crippen molar-refractivity contribution in [3.63, 3.8) is 0 Å². The van der Waals surface area contributed by atoms with Crippen LogP contribution in [-0.4, -0.2) is 68.5 Å². The summed E-state index contributed by atoms with van der Waals surface area (Å²) in [5.41, 5.74) is 0. The van der Waals surface area contributed by atoms with Crippen molar-refractivity contribution in [2.75, 3.05) is 39.0 Å². The van der Waals surface area contributed by atoms with Crippen LogP contribution in [0.15, 0.2) is 0 Å². The van der Waals surface area contributed by atoms with Crippen molar-refractivity contribution in [3.05, 3.63) is 0 Å². The Hall–Kier alpha value is 0.841. The van der Waals surface area contributed by atoms with Gasteiger partial charge in [-0.3, -0.25) is 0 Å². The molecule has 0 fully saturated rings. The van der Waals surface area contributed by atoms with Crippen LogP contribution in [0.1, 0.15) is 48.0 Å². The molecule has 0 aromatic heterocycles. The van der Waals surface area contributed by atoms with E-state index in [0.717, 1.165) is 11.1 Å². The molecule has 0 heterocycles. The zero-order chi connectivity index (χ0) is 21.0. The molecule has 0 amide bonds. The summed E-state index contributed by atoms with van der Waals surface area (Å²) >= 11 is 1.93. The van der Waals surface area contributed by atoms with Gasteiger partial charge in [0.1, 0.15) is 16.5 Å². The molecule has 0 saturated heterocycles. The second-order valence-corrected chi connectivity index (χ2v) is 22.7. The Bertz CT molecular complexity index is 334. The summed E-state index contributed by atoms with van der Waals surface area (Å²) in [6, 6.07) is 8.39. The van der Waals surface area contributed by atoms with Crippen LogP contribution in [0.4, 0.5) is 0 Å². The zero-order valence-corrected chi connectivity index (χ0v) is 23.5. The molecule has 0 aliphatic rings. The Kier molecular flexibility index (Phi) is 14.4. The van der Waals surface area contributed by atoms with Crippen molar-refractivity contribution in [3.8, 4) is 0 Å². The normalized spacial score (nSPS) is 13.6. The second-order valence-electron chi connectivity index (χ2n) is 7.42. The standard InChI is InChI=1S/C19H47NO3SSi3/c1-10-25(11-2,12-3)20(26(13-4,14-5)15-6)17-16-18-24-19-27(21-7,22-8)23-9/h10-19H2,1-9H3. The van der Waals surface area contributed by atoms with Crippen molar-refractivity contribution in [1.82, 2.24) is 4.23 Å². The fourth-order valence-electron chi connectivity index (χ4n) is 4.57. The topological polar surface area (TPSA) is 30.9 Å². The quantitative estimate of drug-likeness (QED) is 0.204. The van der Waals surface area contributed by atoms with Crippen LogP contribution in [0.2, 0.25) is 36.3 Å². The zero-order valence-electron chi connectivity index (χ0n) is 19.7. The number of rotatable bonds is 17. The van der Waals surface area contributed by atoms with E-state index in [2.05, 4.69) is 45.8 Å². The molecule has 164 valence electrons. The van der Waals surface area contributed by atoms with Crippen LogP contribution in [0, 0.1) is 0 Å². The number of thioether (sulfide) groups is 1. The van der Waals surface area contributed by atoms with Gasteiger partial charge >= 0.3 is 8.80 Å². The highest BCUT2D eigenvalue weighted by Gasteiger charge is 2.45. The molecule has 0 saturated carbocycles. The maximum atomic E-state index is 5.55. The van der Waals surface area contributed by atoms with E-state index in [0.29, 0.717) is 0 Å². The highest BCUT2D eigenvalue weighted by atomic mass is 32.2. The Morgan fingerprint density at radius 2 is 1.04 bits per heavy atom. The first kappa shape index (κ1) is 27.8. The van der Waals surface area contributed by atoms with Gasteiger partial charge in [0.15, 0.2) is 0 Å². The molecular weight excluding hydrogens is 407 g/mol. The predicted octanol–water partition coefficient (Wildman–Crippen LogP) is 5.84. The highest BCUT2D eigenvalue weighted by Crippen LogP contribution is 2.36. The lowest BCUT2D eigenvalue weighted by Crippen LogP contribution is -2.66. The number of hydrogen-bond donors (Lipinski definition) is 0. The molecule has 0 radical (unpaired) electrons. The number of hydrogen-bond acceptors (Lipinski definition) is 5. The van der Waals surface area contributed by atoms with Crippen LogP contribution in [0.5, 0.6) is 0 Å². The summed E-state index contributed by atoms with van der Waals surface area (Å²) in [5, 5.41) is 0.840. The van der Waals surface area contributed by atoms with Crippen LogP contribution in [0.25, 0.3) is 0 Å². The molecule has 0 bridgehead atoms. The summed E-state index contributed by atoms with van der Waals surface area (Å²) in [6.45, 7) is 16.0. The summed E-state index contributed by atoms with van der Waals surface area (Å²) in [6.07, 6.45) is 1.26. The van der Waals surface area contributed by atoms with E-state index in [1.807, 2.05) is 11.8 Å². The molecule has 0 atom stereocenters. The molecule has 0 aromatic rings. The maximum absolute atomic E-state index is 5.55. The van der Waals surface area contributed by atoms with Gasteiger partial charge in [-0.15, -0.1) is 0 Å². The van der Waals surface area contributed by atoms with Gasteiger partial charge < -0.3 is 17.5 Å². The van der Waals surface area contributed by atoms with Gasteiger partial charge in [-0.25, -0.2) is 0 Å². The van der Waals surface area contributed by atoms with Crippen molar-refractivity contribution in [2.45, 2.75) is 84.2 Å². The molecule has 0 spiro atoms. The van der Waals surface area contributed by atoms with Crippen LogP contribution < -0.4 is 0 Å². The van der Waals surface area contributed by atoms with E-state index < -0.39 is 25.3 Å². The van der Waals surface area contributed by atoms with E-state index in [4.69, 9.17) is 13.3 Å². The van der Waals surface area contributed by atoms with Crippen molar-refractivity contribution in [1.29, 1.82) is 0 Å². The minimum absolute atomic E-state index is 0.840. The molecule has 4 nitrogen and oxygen atoms in total. The van der Waals surface area contributed by atoms with E-state index in [-0.39, 0.29) is 0 Å². The third-order valence-corrected chi connectivity index (χ3v) is 25.1. The smallest absolute Gasteiger partial charge is 0.376 e. The summed E-state index contributed by atoms with van der Waals surface area (Å²) < 4.78 is 19.8. The number of nitrogens with zero attached hydrogens (tertiary/aromatic N) is 1. The van der Waals surface area contributed by atoms with Gasteiger partial charge in [0, 0.05) is 21.3 Å². The molecule has 0 aliphatic heterocycles. The molecule has 8 heteroatoms. The third-order valence-electron chi connectivity index (χ3n) is 6.98. The fraction of sp³-hybridized carbons (Fsp3) is 1.00. The summed E-state index contributed by atoms with van der Waals surface area (Å²) in [7, 11) is -0.0170. The molecule has 0 aromatic carbocycles. The Balaban J connectivity index is 5.14. The van der Waals surface area contributed by atoms with Crippen LogP contribution in [-0.2, 0) is 13.3 Å². The molecule has 0 N–H and O–H groups in total. The van der Waals surface area contributed by atoms with Gasteiger partial charge in [0.05, 0.1) is 5.38 Å². The average Bonchev–Trinajstić information content (AvgIpc) is 2.73. The first-order chi connectivity index (χ1) is 12.9. The predicted molar refractivity (Wildman–Crippen MR) is 130 cm³/mol.